The minimum Gasteiger partial charge on any atom is -0.361 e. The van der Waals surface area contributed by atoms with Crippen LogP contribution in [0.2, 0.25) is 0 Å². The third-order valence-electron chi connectivity index (χ3n) is 3.16. The van der Waals surface area contributed by atoms with Crippen molar-refractivity contribution in [2.75, 3.05) is 25.9 Å². The predicted octanol–water partition coefficient (Wildman–Crippen LogP) is 1.41. The number of likely N-dealkylation sites (tertiary alicyclic amines) is 1. The van der Waals surface area contributed by atoms with Crippen LogP contribution in [-0.2, 0) is 0 Å². The Bertz CT molecular complexity index is 252. The number of nitrogens with zero attached hydrogens (tertiary/aromatic N) is 2. The Morgan fingerprint density at radius 1 is 1.53 bits per heavy atom. The molecule has 1 saturated heterocycles. The molecule has 1 fully saturated rings. The van der Waals surface area contributed by atoms with Gasteiger partial charge in [-0.25, -0.2) is 0 Å². The van der Waals surface area contributed by atoms with Gasteiger partial charge in [0, 0.05) is 18.3 Å². The summed E-state index contributed by atoms with van der Waals surface area (Å²) in [7, 11) is 2.18. The molecule has 86 valence electrons. The van der Waals surface area contributed by atoms with Crippen LogP contribution in [0.3, 0.4) is 0 Å². The molecule has 0 saturated carbocycles. The van der Waals surface area contributed by atoms with Crippen molar-refractivity contribution >= 4 is 16.9 Å². The highest BCUT2D eigenvalue weighted by Crippen LogP contribution is 2.22. The van der Waals surface area contributed by atoms with Crippen molar-refractivity contribution in [1.82, 2.24) is 10.2 Å². The highest BCUT2D eigenvalue weighted by molar-refractivity contribution is 8.14. The number of thioether (sulfide) groups is 1. The van der Waals surface area contributed by atoms with Crippen molar-refractivity contribution in [3.8, 4) is 0 Å². The monoisotopic (exact) mass is 227 g/mol. The lowest BCUT2D eigenvalue weighted by molar-refractivity contribution is 0.407. The molecule has 1 unspecified atom stereocenters. The van der Waals surface area contributed by atoms with Gasteiger partial charge in [0.2, 0.25) is 0 Å². The quantitative estimate of drug-likeness (QED) is 0.773. The van der Waals surface area contributed by atoms with E-state index in [2.05, 4.69) is 31.1 Å². The van der Waals surface area contributed by atoms with E-state index < -0.39 is 0 Å². The summed E-state index contributed by atoms with van der Waals surface area (Å²) in [6, 6.07) is 1.14. The number of hydrogen-bond acceptors (Lipinski definition) is 4. The Labute approximate surface area is 96.7 Å². The van der Waals surface area contributed by atoms with Gasteiger partial charge in [0.1, 0.15) is 0 Å². The molecule has 2 atom stereocenters. The van der Waals surface area contributed by atoms with Gasteiger partial charge >= 0.3 is 0 Å². The van der Waals surface area contributed by atoms with E-state index in [9.17, 15) is 0 Å². The molecule has 0 amide bonds. The maximum absolute atomic E-state index is 4.73. The first-order valence-corrected chi connectivity index (χ1v) is 6.79. The van der Waals surface area contributed by atoms with Crippen LogP contribution in [0, 0.1) is 5.92 Å². The maximum Gasteiger partial charge on any atom is 0.157 e. The first-order valence-electron chi connectivity index (χ1n) is 5.81. The van der Waals surface area contributed by atoms with Crippen LogP contribution in [0.4, 0.5) is 0 Å². The number of rotatable bonds is 2. The Hall–Kier alpha value is -0.220. The molecule has 2 aliphatic heterocycles. The lowest BCUT2D eigenvalue weighted by Gasteiger charge is -2.13. The molecule has 1 N–H and O–H groups in total. The molecule has 4 heteroatoms. The fraction of sp³-hybridized carbons (Fsp3) is 0.909. The van der Waals surface area contributed by atoms with Crippen LogP contribution < -0.4 is 5.32 Å². The molecule has 0 aromatic carbocycles. The average molecular weight is 227 g/mol. The predicted molar refractivity (Wildman–Crippen MR) is 67.6 cm³/mol. The molecule has 0 radical (unpaired) electrons. The smallest absolute Gasteiger partial charge is 0.157 e. The van der Waals surface area contributed by atoms with Gasteiger partial charge in [-0.1, -0.05) is 25.6 Å². The van der Waals surface area contributed by atoms with E-state index in [0.29, 0.717) is 18.0 Å². The molecule has 15 heavy (non-hydrogen) atoms. The van der Waals surface area contributed by atoms with Crippen molar-refractivity contribution in [3.63, 3.8) is 0 Å². The number of amidine groups is 1. The van der Waals surface area contributed by atoms with Crippen molar-refractivity contribution in [2.24, 2.45) is 10.9 Å². The van der Waals surface area contributed by atoms with E-state index in [-0.39, 0.29) is 0 Å². The summed E-state index contributed by atoms with van der Waals surface area (Å²) in [5, 5.41) is 4.74. The molecular weight excluding hydrogens is 206 g/mol. The topological polar surface area (TPSA) is 27.6 Å². The van der Waals surface area contributed by atoms with Crippen LogP contribution in [0.25, 0.3) is 0 Å². The van der Waals surface area contributed by atoms with E-state index in [1.54, 1.807) is 0 Å². The van der Waals surface area contributed by atoms with Gasteiger partial charge < -0.3 is 10.2 Å². The van der Waals surface area contributed by atoms with Crippen molar-refractivity contribution in [1.29, 1.82) is 0 Å². The molecule has 2 rings (SSSR count). The van der Waals surface area contributed by atoms with E-state index in [1.165, 1.54) is 18.1 Å². The molecule has 0 bridgehead atoms. The average Bonchev–Trinajstić information content (AvgIpc) is 2.76. The Morgan fingerprint density at radius 2 is 2.33 bits per heavy atom. The molecule has 0 aromatic rings. The highest BCUT2D eigenvalue weighted by Gasteiger charge is 2.25. The summed E-state index contributed by atoms with van der Waals surface area (Å²) >= 11 is 1.89. The zero-order valence-electron chi connectivity index (χ0n) is 9.86. The minimum absolute atomic E-state index is 0.525. The van der Waals surface area contributed by atoms with Crippen molar-refractivity contribution < 1.29 is 0 Å². The molecule has 0 spiro atoms. The number of aliphatic imine (C=N–C) groups is 1. The van der Waals surface area contributed by atoms with E-state index in [1.807, 2.05) is 11.8 Å². The molecule has 2 aliphatic rings. The first-order chi connectivity index (χ1) is 7.15. The largest absolute Gasteiger partial charge is 0.361 e. The van der Waals surface area contributed by atoms with E-state index in [4.69, 9.17) is 4.99 Å². The van der Waals surface area contributed by atoms with Gasteiger partial charge in [-0.2, -0.15) is 0 Å². The number of nitrogens with one attached hydrogen (secondary N) is 1. The molecular formula is C11H21N3S. The zero-order chi connectivity index (χ0) is 10.8. The van der Waals surface area contributed by atoms with Gasteiger partial charge in [0.05, 0.1) is 6.04 Å². The number of hydrogen-bond donors (Lipinski definition) is 1. The van der Waals surface area contributed by atoms with Gasteiger partial charge in [-0.05, 0) is 25.9 Å². The summed E-state index contributed by atoms with van der Waals surface area (Å²) in [5.41, 5.74) is 0. The van der Waals surface area contributed by atoms with Gasteiger partial charge in [0.15, 0.2) is 5.17 Å². The lowest BCUT2D eigenvalue weighted by atomic mass is 10.1. The second-order valence-corrected chi connectivity index (χ2v) is 5.96. The van der Waals surface area contributed by atoms with Crippen LogP contribution >= 0.6 is 11.8 Å². The Kier molecular flexibility index (Phi) is 3.57. The van der Waals surface area contributed by atoms with E-state index >= 15 is 0 Å². The Morgan fingerprint density at radius 3 is 2.87 bits per heavy atom. The van der Waals surface area contributed by atoms with Gasteiger partial charge in [-0.3, -0.25) is 4.99 Å². The first kappa shape index (κ1) is 11.3. The summed E-state index contributed by atoms with van der Waals surface area (Å²) in [4.78, 5) is 7.10. The summed E-state index contributed by atoms with van der Waals surface area (Å²) in [6.45, 7) is 6.87. The van der Waals surface area contributed by atoms with Crippen LogP contribution in [-0.4, -0.2) is 48.0 Å². The van der Waals surface area contributed by atoms with Crippen LogP contribution in [0.15, 0.2) is 4.99 Å². The van der Waals surface area contributed by atoms with Gasteiger partial charge in [0.25, 0.3) is 0 Å². The molecule has 0 aromatic heterocycles. The second kappa shape index (κ2) is 4.74. The van der Waals surface area contributed by atoms with Crippen molar-refractivity contribution in [2.45, 2.75) is 32.4 Å². The standard InChI is InChI=1S/C11H21N3S/c1-8(2)10-7-15-11(13-10)12-9-4-5-14(3)6-9/h8-10H,4-7H2,1-3H3,(H,12,13)/t9?,10-/m1/s1. The maximum atomic E-state index is 4.73. The van der Waals surface area contributed by atoms with Gasteiger partial charge in [-0.15, -0.1) is 0 Å². The third kappa shape index (κ3) is 2.88. The molecule has 0 aliphatic carbocycles. The third-order valence-corrected chi connectivity index (χ3v) is 4.17. The normalized spacial score (nSPS) is 32.4. The lowest BCUT2D eigenvalue weighted by Crippen LogP contribution is -2.34. The van der Waals surface area contributed by atoms with Crippen LogP contribution in [0.5, 0.6) is 0 Å². The fourth-order valence-corrected chi connectivity index (χ4v) is 3.29. The number of likely N-dealkylation sites (N-methyl/N-ethyl adjacent to an activating group) is 1. The fourth-order valence-electron chi connectivity index (χ4n) is 2.04. The SMILES string of the molecule is CC(C)[C@H]1CSC(NC2CCN(C)C2)=N1. The van der Waals surface area contributed by atoms with Crippen molar-refractivity contribution in [3.05, 3.63) is 0 Å². The Balaban J connectivity index is 1.83. The highest BCUT2D eigenvalue weighted by atomic mass is 32.2. The second-order valence-electron chi connectivity index (χ2n) is 4.95. The molecule has 3 nitrogen and oxygen atoms in total. The minimum atomic E-state index is 0.525. The van der Waals surface area contributed by atoms with E-state index in [0.717, 1.165) is 12.3 Å². The zero-order valence-corrected chi connectivity index (χ0v) is 10.7. The summed E-state index contributed by atoms with van der Waals surface area (Å²) in [6.07, 6.45) is 1.25. The summed E-state index contributed by atoms with van der Waals surface area (Å²) in [5.74, 6) is 1.82. The molecule has 2 heterocycles. The van der Waals surface area contributed by atoms with Crippen LogP contribution in [0.1, 0.15) is 20.3 Å². The summed E-state index contributed by atoms with van der Waals surface area (Å²) < 4.78 is 0.